The Morgan fingerprint density at radius 2 is 2.04 bits per heavy atom. The van der Waals surface area contributed by atoms with Crippen LogP contribution in [0.2, 0.25) is 0 Å². The minimum Gasteiger partial charge on any atom is -0.464 e. The highest BCUT2D eigenvalue weighted by molar-refractivity contribution is 9.10. The van der Waals surface area contributed by atoms with Crippen LogP contribution in [-0.2, 0) is 16.0 Å². The standard InChI is InChI=1S/C16H20BrN3O4/c1-16(2,3)24-15(22)18-7-8-20-13(14(21)23-4)11-6-5-10(17)9-12(11)19-20/h5-6,9H,7-8H2,1-4H3,(H,18,22). The molecule has 0 bridgehead atoms. The highest BCUT2D eigenvalue weighted by Crippen LogP contribution is 2.23. The zero-order valence-electron chi connectivity index (χ0n) is 14.1. The van der Waals surface area contributed by atoms with Crippen LogP contribution in [0.4, 0.5) is 4.79 Å². The predicted octanol–water partition coefficient (Wildman–Crippen LogP) is 3.11. The first-order chi connectivity index (χ1) is 11.2. The average Bonchev–Trinajstić information content (AvgIpc) is 2.81. The van der Waals surface area contributed by atoms with Crippen LogP contribution in [0.1, 0.15) is 31.3 Å². The van der Waals surface area contributed by atoms with Gasteiger partial charge in [0, 0.05) is 16.4 Å². The smallest absolute Gasteiger partial charge is 0.407 e. The molecular weight excluding hydrogens is 378 g/mol. The van der Waals surface area contributed by atoms with Crippen LogP contribution in [0.25, 0.3) is 10.9 Å². The number of nitrogens with one attached hydrogen (secondary N) is 1. The topological polar surface area (TPSA) is 82.5 Å². The predicted molar refractivity (Wildman–Crippen MR) is 93.0 cm³/mol. The van der Waals surface area contributed by atoms with Gasteiger partial charge in [-0.3, -0.25) is 4.68 Å². The Labute approximate surface area is 148 Å². The fourth-order valence-corrected chi connectivity index (χ4v) is 2.51. The molecule has 2 rings (SSSR count). The van der Waals surface area contributed by atoms with E-state index in [0.717, 1.165) is 4.47 Å². The number of benzene rings is 1. The lowest BCUT2D eigenvalue weighted by atomic mass is 10.2. The molecule has 24 heavy (non-hydrogen) atoms. The Kier molecular flexibility index (Phi) is 5.48. The Hall–Kier alpha value is -2.09. The molecule has 1 aromatic heterocycles. The third-order valence-electron chi connectivity index (χ3n) is 3.07. The van der Waals surface area contributed by atoms with E-state index in [1.54, 1.807) is 26.8 Å². The molecule has 0 fully saturated rings. The molecule has 0 saturated carbocycles. The molecule has 0 aliphatic heterocycles. The number of rotatable bonds is 4. The SMILES string of the molecule is COC(=O)c1c2ccc(Br)cc2nn1CCNC(=O)OC(C)(C)C. The van der Waals surface area contributed by atoms with Crippen LogP contribution in [0, 0.1) is 0 Å². The number of halogens is 1. The molecule has 1 aromatic carbocycles. The number of carbonyl (C=O) groups is 2. The van der Waals surface area contributed by atoms with Crippen LogP contribution in [0.3, 0.4) is 0 Å². The van der Waals surface area contributed by atoms with Gasteiger partial charge in [0.15, 0.2) is 5.69 Å². The maximum atomic E-state index is 12.1. The van der Waals surface area contributed by atoms with Crippen LogP contribution in [0.15, 0.2) is 22.7 Å². The van der Waals surface area contributed by atoms with E-state index in [0.29, 0.717) is 23.1 Å². The molecule has 2 aromatic rings. The fraction of sp³-hybridized carbons (Fsp3) is 0.438. The normalized spacial score (nSPS) is 11.4. The van der Waals surface area contributed by atoms with Gasteiger partial charge in [-0.2, -0.15) is 5.10 Å². The molecule has 0 unspecified atom stereocenters. The number of methoxy groups -OCH3 is 1. The van der Waals surface area contributed by atoms with E-state index < -0.39 is 17.7 Å². The summed E-state index contributed by atoms with van der Waals surface area (Å²) in [4.78, 5) is 23.8. The van der Waals surface area contributed by atoms with Crippen molar-refractivity contribution in [3.8, 4) is 0 Å². The molecule has 1 amide bonds. The van der Waals surface area contributed by atoms with Gasteiger partial charge in [0.25, 0.3) is 0 Å². The molecular formula is C16H20BrN3O4. The maximum absolute atomic E-state index is 12.1. The molecule has 1 N–H and O–H groups in total. The van der Waals surface area contributed by atoms with E-state index in [1.165, 1.54) is 11.8 Å². The van der Waals surface area contributed by atoms with Gasteiger partial charge >= 0.3 is 12.1 Å². The van der Waals surface area contributed by atoms with Crippen molar-refractivity contribution in [2.45, 2.75) is 32.9 Å². The summed E-state index contributed by atoms with van der Waals surface area (Å²) in [6, 6.07) is 5.45. The first kappa shape index (κ1) is 18.3. The van der Waals surface area contributed by atoms with Crippen molar-refractivity contribution in [3.05, 3.63) is 28.4 Å². The third-order valence-corrected chi connectivity index (χ3v) is 3.57. The molecule has 0 aliphatic rings. The van der Waals surface area contributed by atoms with Gasteiger partial charge in [-0.15, -0.1) is 0 Å². The van der Waals surface area contributed by atoms with Gasteiger partial charge < -0.3 is 14.8 Å². The number of amides is 1. The van der Waals surface area contributed by atoms with Crippen LogP contribution < -0.4 is 5.32 Å². The second-order valence-corrected chi connectivity index (χ2v) is 7.07. The first-order valence-electron chi connectivity index (χ1n) is 7.42. The van der Waals surface area contributed by atoms with Gasteiger partial charge in [-0.05, 0) is 39.0 Å². The van der Waals surface area contributed by atoms with Gasteiger partial charge in [0.1, 0.15) is 5.60 Å². The van der Waals surface area contributed by atoms with Crippen molar-refractivity contribution < 1.29 is 19.1 Å². The largest absolute Gasteiger partial charge is 0.464 e. The van der Waals surface area contributed by atoms with Crippen molar-refractivity contribution in [1.82, 2.24) is 15.1 Å². The van der Waals surface area contributed by atoms with Crippen molar-refractivity contribution in [2.75, 3.05) is 13.7 Å². The Morgan fingerprint density at radius 3 is 2.67 bits per heavy atom. The second-order valence-electron chi connectivity index (χ2n) is 6.15. The van der Waals surface area contributed by atoms with E-state index in [2.05, 4.69) is 26.3 Å². The summed E-state index contributed by atoms with van der Waals surface area (Å²) < 4.78 is 12.4. The number of ether oxygens (including phenoxy) is 2. The highest BCUT2D eigenvalue weighted by atomic mass is 79.9. The van der Waals surface area contributed by atoms with Crippen molar-refractivity contribution in [2.24, 2.45) is 0 Å². The van der Waals surface area contributed by atoms with Gasteiger partial charge in [-0.1, -0.05) is 15.9 Å². The van der Waals surface area contributed by atoms with Crippen LogP contribution in [-0.4, -0.2) is 41.1 Å². The monoisotopic (exact) mass is 397 g/mol. The van der Waals surface area contributed by atoms with E-state index in [4.69, 9.17) is 9.47 Å². The molecule has 1 heterocycles. The molecule has 0 spiro atoms. The summed E-state index contributed by atoms with van der Waals surface area (Å²) in [6.07, 6.45) is -0.512. The molecule has 0 atom stereocenters. The van der Waals surface area contributed by atoms with Gasteiger partial charge in [-0.25, -0.2) is 9.59 Å². The lowest BCUT2D eigenvalue weighted by molar-refractivity contribution is 0.0525. The number of hydrogen-bond acceptors (Lipinski definition) is 5. The maximum Gasteiger partial charge on any atom is 0.407 e. The second kappa shape index (κ2) is 7.21. The number of alkyl carbamates (subject to hydrolysis) is 1. The number of hydrogen-bond donors (Lipinski definition) is 1. The summed E-state index contributed by atoms with van der Waals surface area (Å²) in [5, 5.41) is 7.75. The lowest BCUT2D eigenvalue weighted by Gasteiger charge is -2.19. The molecule has 7 nitrogen and oxygen atoms in total. The third kappa shape index (κ3) is 4.47. The first-order valence-corrected chi connectivity index (χ1v) is 8.22. The van der Waals surface area contributed by atoms with Crippen LogP contribution in [0.5, 0.6) is 0 Å². The molecule has 0 saturated heterocycles. The number of fused-ring (bicyclic) bond motifs is 1. The summed E-state index contributed by atoms with van der Waals surface area (Å²) in [5.74, 6) is -0.475. The number of carbonyl (C=O) groups excluding carboxylic acids is 2. The van der Waals surface area contributed by atoms with E-state index in [9.17, 15) is 9.59 Å². The summed E-state index contributed by atoms with van der Waals surface area (Å²) >= 11 is 3.38. The Morgan fingerprint density at radius 1 is 1.33 bits per heavy atom. The fourth-order valence-electron chi connectivity index (χ4n) is 2.16. The number of aromatic nitrogens is 2. The molecule has 0 radical (unpaired) electrons. The Bertz CT molecular complexity index is 765. The van der Waals surface area contributed by atoms with Gasteiger partial charge in [0.05, 0.1) is 19.2 Å². The van der Waals surface area contributed by atoms with Crippen molar-refractivity contribution in [1.29, 1.82) is 0 Å². The summed E-state index contributed by atoms with van der Waals surface area (Å²) in [6.45, 7) is 5.96. The van der Waals surface area contributed by atoms with E-state index in [-0.39, 0.29) is 6.54 Å². The minimum absolute atomic E-state index is 0.272. The lowest BCUT2D eigenvalue weighted by Crippen LogP contribution is -2.34. The summed E-state index contributed by atoms with van der Waals surface area (Å²) in [5.41, 5.74) is 0.460. The van der Waals surface area contributed by atoms with Crippen LogP contribution >= 0.6 is 15.9 Å². The molecule has 0 aliphatic carbocycles. The average molecular weight is 398 g/mol. The Balaban J connectivity index is 2.16. The molecule has 8 heteroatoms. The van der Waals surface area contributed by atoms with Crippen molar-refractivity contribution in [3.63, 3.8) is 0 Å². The highest BCUT2D eigenvalue weighted by Gasteiger charge is 2.20. The van der Waals surface area contributed by atoms with Gasteiger partial charge in [0.2, 0.25) is 0 Å². The van der Waals surface area contributed by atoms with E-state index in [1.807, 2.05) is 12.1 Å². The zero-order chi connectivity index (χ0) is 17.9. The van der Waals surface area contributed by atoms with Crippen molar-refractivity contribution >= 4 is 38.9 Å². The number of esters is 1. The zero-order valence-corrected chi connectivity index (χ0v) is 15.6. The quantitative estimate of drug-likeness (QED) is 0.801. The minimum atomic E-state index is -0.562. The van der Waals surface area contributed by atoms with E-state index >= 15 is 0 Å². The molecule has 130 valence electrons. The number of nitrogens with zero attached hydrogens (tertiary/aromatic N) is 2. The summed E-state index contributed by atoms with van der Waals surface area (Å²) in [7, 11) is 1.32.